The Balaban J connectivity index is 1.33. The largest absolute Gasteiger partial charge is 0.389 e. The topological polar surface area (TPSA) is 45.6 Å². The van der Waals surface area contributed by atoms with Crippen molar-refractivity contribution in [2.75, 3.05) is 19.7 Å². The molecule has 2 heterocycles. The van der Waals surface area contributed by atoms with Gasteiger partial charge in [0, 0.05) is 11.6 Å². The predicted octanol–water partition coefficient (Wildman–Crippen LogP) is 4.66. The Morgan fingerprint density at radius 1 is 1.22 bits per heavy atom. The number of aliphatic hydroxyl groups excluding tert-OH is 1. The monoisotopic (exact) mass is 402 g/mol. The van der Waals surface area contributed by atoms with Gasteiger partial charge in [0.1, 0.15) is 5.01 Å². The van der Waals surface area contributed by atoms with Crippen LogP contribution >= 0.6 is 22.9 Å². The Morgan fingerprint density at radius 2 is 2.04 bits per heavy atom. The quantitative estimate of drug-likeness (QED) is 0.624. The Morgan fingerprint density at radius 3 is 2.89 bits per heavy atom. The van der Waals surface area contributed by atoms with Crippen LogP contribution in [0, 0.1) is 0 Å². The van der Waals surface area contributed by atoms with Gasteiger partial charge in [0.25, 0.3) is 0 Å². The summed E-state index contributed by atoms with van der Waals surface area (Å²) in [6.45, 7) is 2.30. The second kappa shape index (κ2) is 8.67. The highest BCUT2D eigenvalue weighted by atomic mass is 35.5. The number of aliphatic hydroxyl groups is 1. The molecular weight excluding hydrogens is 380 g/mol. The van der Waals surface area contributed by atoms with E-state index >= 15 is 0 Å². The third kappa shape index (κ3) is 4.50. The third-order valence-corrected chi connectivity index (χ3v) is 6.44. The zero-order valence-corrected chi connectivity index (χ0v) is 16.6. The van der Waals surface area contributed by atoms with Gasteiger partial charge in [-0.2, -0.15) is 0 Å². The Labute approximate surface area is 168 Å². The van der Waals surface area contributed by atoms with Gasteiger partial charge >= 0.3 is 0 Å². The maximum Gasteiger partial charge on any atom is 0.111 e. The normalized spacial score (nSPS) is 19.0. The first-order chi connectivity index (χ1) is 13.2. The van der Waals surface area contributed by atoms with Crippen LogP contribution in [0.5, 0.6) is 0 Å². The fourth-order valence-electron chi connectivity index (χ4n) is 3.60. The van der Waals surface area contributed by atoms with E-state index in [9.17, 15) is 5.11 Å². The Kier molecular flexibility index (Phi) is 6.05. The van der Waals surface area contributed by atoms with E-state index in [1.54, 1.807) is 11.3 Å². The molecule has 0 spiro atoms. The molecule has 2 aromatic carbocycles. The van der Waals surface area contributed by atoms with Crippen molar-refractivity contribution in [3.8, 4) is 0 Å². The molecule has 2 atom stereocenters. The van der Waals surface area contributed by atoms with Gasteiger partial charge in [-0.1, -0.05) is 41.9 Å². The van der Waals surface area contributed by atoms with Gasteiger partial charge in [-0.15, -0.1) is 11.3 Å². The average Bonchev–Trinajstić information content (AvgIpc) is 3.29. The van der Waals surface area contributed by atoms with E-state index in [4.69, 9.17) is 21.3 Å². The number of likely N-dealkylation sites (tertiary alicyclic amines) is 1. The van der Waals surface area contributed by atoms with Gasteiger partial charge < -0.3 is 9.84 Å². The molecule has 0 aliphatic carbocycles. The smallest absolute Gasteiger partial charge is 0.111 e. The van der Waals surface area contributed by atoms with Crippen LogP contribution in [-0.2, 0) is 11.3 Å². The lowest BCUT2D eigenvalue weighted by Gasteiger charge is -2.25. The zero-order valence-electron chi connectivity index (χ0n) is 15.1. The fourth-order valence-corrected chi connectivity index (χ4v) is 4.93. The van der Waals surface area contributed by atoms with Gasteiger partial charge in [0.15, 0.2) is 0 Å². The van der Waals surface area contributed by atoms with E-state index in [2.05, 4.69) is 23.1 Å². The number of hydrogen-bond donors (Lipinski definition) is 1. The summed E-state index contributed by atoms with van der Waals surface area (Å²) in [5.74, 6) is 0. The molecule has 6 heteroatoms. The highest BCUT2D eigenvalue weighted by Gasteiger charge is 2.30. The molecule has 2 unspecified atom stereocenters. The molecule has 1 aromatic heterocycles. The third-order valence-electron chi connectivity index (χ3n) is 4.93. The molecule has 1 aliphatic rings. The van der Waals surface area contributed by atoms with Crippen LogP contribution in [0.25, 0.3) is 10.2 Å². The van der Waals surface area contributed by atoms with Crippen LogP contribution in [0.4, 0.5) is 0 Å². The summed E-state index contributed by atoms with van der Waals surface area (Å²) in [6.07, 6.45) is 1.70. The fraction of sp³-hybridized carbons (Fsp3) is 0.381. The van der Waals surface area contributed by atoms with Crippen molar-refractivity contribution < 1.29 is 9.84 Å². The lowest BCUT2D eigenvalue weighted by Crippen LogP contribution is -2.34. The van der Waals surface area contributed by atoms with Crippen LogP contribution in [0.2, 0.25) is 5.02 Å². The van der Waals surface area contributed by atoms with Gasteiger partial charge in [0.2, 0.25) is 0 Å². The van der Waals surface area contributed by atoms with E-state index in [1.807, 2.05) is 30.3 Å². The Bertz CT molecular complexity index is 868. The lowest BCUT2D eigenvalue weighted by atomic mass is 10.2. The molecule has 3 aromatic rings. The maximum absolute atomic E-state index is 10.4. The molecule has 27 heavy (non-hydrogen) atoms. The first-order valence-corrected chi connectivity index (χ1v) is 10.5. The molecule has 0 amide bonds. The zero-order chi connectivity index (χ0) is 18.6. The SMILES string of the molecule is OC(COCc1ccccc1Cl)CN1CCCC1c1nc2ccccc2s1. The molecule has 1 aliphatic heterocycles. The summed E-state index contributed by atoms with van der Waals surface area (Å²) in [4.78, 5) is 7.15. The minimum Gasteiger partial charge on any atom is -0.389 e. The van der Waals surface area contributed by atoms with E-state index < -0.39 is 6.10 Å². The molecule has 1 saturated heterocycles. The number of benzene rings is 2. The number of ether oxygens (including phenoxy) is 1. The molecular formula is C21H23ClN2O2S. The van der Waals surface area contributed by atoms with Gasteiger partial charge in [-0.25, -0.2) is 4.98 Å². The number of β-amino-alcohol motifs (C(OH)–C–C–N with tert-alkyl or cyclic N) is 1. The summed E-state index contributed by atoms with van der Waals surface area (Å²) in [5.41, 5.74) is 2.01. The lowest BCUT2D eigenvalue weighted by molar-refractivity contribution is 0.00774. The van der Waals surface area contributed by atoms with Gasteiger partial charge in [-0.05, 0) is 43.1 Å². The van der Waals surface area contributed by atoms with Crippen LogP contribution in [0.15, 0.2) is 48.5 Å². The highest BCUT2D eigenvalue weighted by molar-refractivity contribution is 7.18. The molecule has 0 saturated carbocycles. The summed E-state index contributed by atoms with van der Waals surface area (Å²) < 4.78 is 6.91. The molecule has 142 valence electrons. The number of halogens is 1. The second-order valence-electron chi connectivity index (χ2n) is 6.93. The van der Waals surface area contributed by atoms with Crippen molar-refractivity contribution in [3.05, 3.63) is 64.1 Å². The standard InChI is InChI=1S/C21H23ClN2O2S/c22-17-7-2-1-6-15(17)13-26-14-16(25)12-24-11-5-9-19(24)21-23-18-8-3-4-10-20(18)27-21/h1-4,6-8,10,16,19,25H,5,9,11-14H2. The van der Waals surface area contributed by atoms with Crippen molar-refractivity contribution in [1.29, 1.82) is 0 Å². The van der Waals surface area contributed by atoms with E-state index in [0.717, 1.165) is 35.5 Å². The van der Waals surface area contributed by atoms with Gasteiger partial charge in [0.05, 0.1) is 35.6 Å². The van der Waals surface area contributed by atoms with E-state index in [0.29, 0.717) is 30.8 Å². The van der Waals surface area contributed by atoms with Crippen LogP contribution in [-0.4, -0.2) is 40.8 Å². The van der Waals surface area contributed by atoms with Gasteiger partial charge in [-0.3, -0.25) is 4.90 Å². The van der Waals surface area contributed by atoms with Crippen molar-refractivity contribution in [3.63, 3.8) is 0 Å². The number of rotatable bonds is 7. The number of hydrogen-bond acceptors (Lipinski definition) is 5. The number of nitrogens with zero attached hydrogens (tertiary/aromatic N) is 2. The average molecular weight is 403 g/mol. The summed E-state index contributed by atoms with van der Waals surface area (Å²) in [7, 11) is 0. The Hall–Kier alpha value is -1.50. The number of thiazole rings is 1. The molecule has 1 fully saturated rings. The number of fused-ring (bicyclic) bond motifs is 1. The van der Waals surface area contributed by atoms with Crippen LogP contribution in [0.3, 0.4) is 0 Å². The number of aromatic nitrogens is 1. The van der Waals surface area contributed by atoms with E-state index in [-0.39, 0.29) is 0 Å². The minimum atomic E-state index is -0.525. The van der Waals surface area contributed by atoms with Crippen molar-refractivity contribution >= 4 is 33.2 Å². The summed E-state index contributed by atoms with van der Waals surface area (Å²) in [6, 6.07) is 16.2. The van der Waals surface area contributed by atoms with Crippen molar-refractivity contribution in [2.45, 2.75) is 31.6 Å². The van der Waals surface area contributed by atoms with Crippen molar-refractivity contribution in [1.82, 2.24) is 9.88 Å². The molecule has 4 rings (SSSR count). The second-order valence-corrected chi connectivity index (χ2v) is 8.40. The van der Waals surface area contributed by atoms with E-state index in [1.165, 1.54) is 4.70 Å². The molecule has 0 bridgehead atoms. The van der Waals surface area contributed by atoms with Crippen LogP contribution < -0.4 is 0 Å². The minimum absolute atomic E-state index is 0.292. The summed E-state index contributed by atoms with van der Waals surface area (Å²) >= 11 is 7.90. The first-order valence-electron chi connectivity index (χ1n) is 9.29. The predicted molar refractivity (Wildman–Crippen MR) is 110 cm³/mol. The van der Waals surface area contributed by atoms with Crippen LogP contribution in [0.1, 0.15) is 29.5 Å². The molecule has 1 N–H and O–H groups in total. The molecule has 0 radical (unpaired) electrons. The number of para-hydroxylation sites is 1. The summed E-state index contributed by atoms with van der Waals surface area (Å²) in [5, 5.41) is 12.3. The maximum atomic E-state index is 10.4. The molecule has 4 nitrogen and oxygen atoms in total. The first kappa shape index (κ1) is 18.8. The van der Waals surface area contributed by atoms with Crippen molar-refractivity contribution in [2.24, 2.45) is 0 Å². The highest BCUT2D eigenvalue weighted by Crippen LogP contribution is 2.36.